The summed E-state index contributed by atoms with van der Waals surface area (Å²) in [6.45, 7) is 1.80. The van der Waals surface area contributed by atoms with Gasteiger partial charge in [-0.15, -0.1) is 0 Å². The highest BCUT2D eigenvalue weighted by molar-refractivity contribution is 6.02. The molecule has 0 heterocycles. The highest BCUT2D eigenvalue weighted by Gasteiger charge is 2.46. The van der Waals surface area contributed by atoms with Crippen LogP contribution in [0.25, 0.3) is 0 Å². The molecule has 0 bridgehead atoms. The lowest BCUT2D eigenvalue weighted by Gasteiger charge is -2.18. The molecule has 7 nitrogen and oxygen atoms in total. The van der Waals surface area contributed by atoms with E-state index in [1.165, 1.54) is 12.1 Å². The molecule has 0 amide bonds. The molecule has 0 fully saturated rings. The van der Waals surface area contributed by atoms with Crippen LogP contribution in [0.3, 0.4) is 0 Å². The molecule has 0 aromatic heterocycles. The molecule has 7 heteroatoms. The highest BCUT2D eigenvalue weighted by Crippen LogP contribution is 2.22. The van der Waals surface area contributed by atoms with Gasteiger partial charge in [0.05, 0.1) is 12.2 Å². The van der Waals surface area contributed by atoms with Crippen molar-refractivity contribution < 1.29 is 34.4 Å². The summed E-state index contributed by atoms with van der Waals surface area (Å²) in [5.41, 5.74) is -3.28. The van der Waals surface area contributed by atoms with Crippen molar-refractivity contribution in [1.29, 1.82) is 0 Å². The molecule has 1 rings (SSSR count). The molecular weight excluding hydrogens is 256 g/mol. The van der Waals surface area contributed by atoms with Crippen LogP contribution in [0.4, 0.5) is 0 Å². The van der Waals surface area contributed by atoms with Gasteiger partial charge in [0, 0.05) is 5.56 Å². The fourth-order valence-corrected chi connectivity index (χ4v) is 1.40. The van der Waals surface area contributed by atoms with Crippen LogP contribution in [-0.2, 0) is 19.9 Å². The summed E-state index contributed by atoms with van der Waals surface area (Å²) in [6.07, 6.45) is 0. The fraction of sp³-hybridized carbons (Fsp3) is 0.250. The molecule has 102 valence electrons. The Morgan fingerprint density at radius 1 is 1.11 bits per heavy atom. The number of rotatable bonds is 5. The van der Waals surface area contributed by atoms with E-state index < -0.39 is 23.5 Å². The first-order valence-corrected chi connectivity index (χ1v) is 5.30. The number of aliphatic carboxylic acids is 2. The standard InChI is InChI=1S/C12H12O7/c1-2-19-9(13)7-3-5-8(6-4-7)12(18,10(14)15)11(16)17/h3-6,18H,2H2,1H3,(H,14,15)(H,16,17). The Kier molecular flexibility index (Phi) is 4.23. The summed E-state index contributed by atoms with van der Waals surface area (Å²) in [5.74, 6) is -4.45. The zero-order valence-corrected chi connectivity index (χ0v) is 9.99. The number of aliphatic hydroxyl groups is 1. The van der Waals surface area contributed by atoms with Gasteiger partial charge in [-0.05, 0) is 19.1 Å². The average molecular weight is 268 g/mol. The Balaban J connectivity index is 3.13. The fourth-order valence-electron chi connectivity index (χ4n) is 1.40. The molecule has 1 aromatic rings. The lowest BCUT2D eigenvalue weighted by atomic mass is 9.93. The Labute approximate surface area is 108 Å². The Morgan fingerprint density at radius 3 is 1.95 bits per heavy atom. The number of ether oxygens (including phenoxy) is 1. The van der Waals surface area contributed by atoms with E-state index in [1.807, 2.05) is 0 Å². The van der Waals surface area contributed by atoms with E-state index in [2.05, 4.69) is 0 Å². The minimum absolute atomic E-state index is 0.128. The van der Waals surface area contributed by atoms with Crippen molar-refractivity contribution in [2.24, 2.45) is 0 Å². The molecule has 0 saturated carbocycles. The van der Waals surface area contributed by atoms with Crippen LogP contribution in [0.1, 0.15) is 22.8 Å². The van der Waals surface area contributed by atoms with Gasteiger partial charge in [-0.1, -0.05) is 12.1 Å². The van der Waals surface area contributed by atoms with Gasteiger partial charge in [-0.2, -0.15) is 0 Å². The second kappa shape index (κ2) is 5.49. The van der Waals surface area contributed by atoms with Crippen LogP contribution < -0.4 is 0 Å². The van der Waals surface area contributed by atoms with Crippen molar-refractivity contribution in [2.75, 3.05) is 6.61 Å². The number of hydrogen-bond acceptors (Lipinski definition) is 5. The van der Waals surface area contributed by atoms with E-state index in [1.54, 1.807) is 6.92 Å². The van der Waals surface area contributed by atoms with Crippen molar-refractivity contribution >= 4 is 17.9 Å². The van der Waals surface area contributed by atoms with Crippen LogP contribution in [0.5, 0.6) is 0 Å². The third kappa shape index (κ3) is 2.71. The molecule has 0 aliphatic rings. The molecule has 19 heavy (non-hydrogen) atoms. The molecule has 0 saturated heterocycles. The third-order valence-electron chi connectivity index (χ3n) is 2.43. The van der Waals surface area contributed by atoms with E-state index in [-0.39, 0.29) is 17.7 Å². The summed E-state index contributed by atoms with van der Waals surface area (Å²) in [4.78, 5) is 33.1. The molecule has 3 N–H and O–H groups in total. The zero-order valence-electron chi connectivity index (χ0n) is 9.99. The van der Waals surface area contributed by atoms with Gasteiger partial charge in [0.15, 0.2) is 0 Å². The predicted octanol–water partition coefficient (Wildman–Crippen LogP) is 0.220. The van der Waals surface area contributed by atoms with Crippen LogP contribution in [0.2, 0.25) is 0 Å². The van der Waals surface area contributed by atoms with Gasteiger partial charge in [-0.25, -0.2) is 14.4 Å². The van der Waals surface area contributed by atoms with E-state index >= 15 is 0 Å². The summed E-state index contributed by atoms with van der Waals surface area (Å²) in [6, 6.07) is 4.47. The topological polar surface area (TPSA) is 121 Å². The normalized spacial score (nSPS) is 10.8. The first-order chi connectivity index (χ1) is 8.83. The van der Waals surface area contributed by atoms with E-state index in [4.69, 9.17) is 14.9 Å². The molecule has 0 aliphatic carbocycles. The van der Waals surface area contributed by atoms with Crippen LogP contribution in [0, 0.1) is 0 Å². The van der Waals surface area contributed by atoms with Crippen LogP contribution >= 0.6 is 0 Å². The van der Waals surface area contributed by atoms with E-state index in [9.17, 15) is 19.5 Å². The number of hydrogen-bond donors (Lipinski definition) is 3. The summed E-state index contributed by atoms with van der Waals surface area (Å²) in [7, 11) is 0. The second-order valence-electron chi connectivity index (χ2n) is 3.62. The summed E-state index contributed by atoms with van der Waals surface area (Å²) < 4.78 is 4.71. The summed E-state index contributed by atoms with van der Waals surface area (Å²) >= 11 is 0. The number of carboxylic acid groups (broad SMARTS) is 2. The molecule has 1 aromatic carbocycles. The van der Waals surface area contributed by atoms with Crippen molar-refractivity contribution in [1.82, 2.24) is 0 Å². The molecule has 0 aliphatic heterocycles. The number of carbonyl (C=O) groups excluding carboxylic acids is 1. The maximum absolute atomic E-state index is 11.4. The zero-order chi connectivity index (χ0) is 14.6. The molecule has 0 unspecified atom stereocenters. The van der Waals surface area contributed by atoms with Crippen molar-refractivity contribution in [3.63, 3.8) is 0 Å². The SMILES string of the molecule is CCOC(=O)c1ccc(C(O)(C(=O)O)C(=O)O)cc1. The smallest absolute Gasteiger partial charge is 0.352 e. The first-order valence-electron chi connectivity index (χ1n) is 5.30. The lowest BCUT2D eigenvalue weighted by molar-refractivity contribution is -0.177. The Hall–Kier alpha value is -2.41. The Bertz CT molecular complexity index is 489. The maximum atomic E-state index is 11.4. The molecule has 0 radical (unpaired) electrons. The molecular formula is C12H12O7. The summed E-state index contributed by atoms with van der Waals surface area (Å²) in [5, 5.41) is 27.2. The van der Waals surface area contributed by atoms with Gasteiger partial charge in [-0.3, -0.25) is 0 Å². The van der Waals surface area contributed by atoms with E-state index in [0.29, 0.717) is 0 Å². The predicted molar refractivity (Wildman–Crippen MR) is 61.6 cm³/mol. The minimum atomic E-state index is -3.05. The number of carbonyl (C=O) groups is 3. The first kappa shape index (κ1) is 14.7. The number of carboxylic acids is 2. The maximum Gasteiger partial charge on any atom is 0.352 e. The van der Waals surface area contributed by atoms with Gasteiger partial charge in [0.25, 0.3) is 5.60 Å². The van der Waals surface area contributed by atoms with Crippen LogP contribution in [0.15, 0.2) is 24.3 Å². The van der Waals surface area contributed by atoms with Gasteiger partial charge < -0.3 is 20.1 Å². The highest BCUT2D eigenvalue weighted by atomic mass is 16.5. The largest absolute Gasteiger partial charge is 0.478 e. The number of benzene rings is 1. The second-order valence-corrected chi connectivity index (χ2v) is 3.62. The van der Waals surface area contributed by atoms with Crippen LogP contribution in [-0.4, -0.2) is 39.8 Å². The van der Waals surface area contributed by atoms with Crippen molar-refractivity contribution in [3.05, 3.63) is 35.4 Å². The van der Waals surface area contributed by atoms with Crippen molar-refractivity contribution in [2.45, 2.75) is 12.5 Å². The quantitative estimate of drug-likeness (QED) is 0.515. The Morgan fingerprint density at radius 2 is 1.58 bits per heavy atom. The van der Waals surface area contributed by atoms with Gasteiger partial charge in [0.2, 0.25) is 0 Å². The molecule has 0 spiro atoms. The molecule has 0 atom stereocenters. The minimum Gasteiger partial charge on any atom is -0.478 e. The monoisotopic (exact) mass is 268 g/mol. The van der Waals surface area contributed by atoms with Gasteiger partial charge in [0.1, 0.15) is 0 Å². The van der Waals surface area contributed by atoms with Gasteiger partial charge >= 0.3 is 17.9 Å². The number of esters is 1. The lowest BCUT2D eigenvalue weighted by Crippen LogP contribution is -2.43. The average Bonchev–Trinajstić information content (AvgIpc) is 2.37. The third-order valence-corrected chi connectivity index (χ3v) is 2.43. The van der Waals surface area contributed by atoms with E-state index in [0.717, 1.165) is 12.1 Å². The van der Waals surface area contributed by atoms with Crippen molar-refractivity contribution in [3.8, 4) is 0 Å².